The first kappa shape index (κ1) is 20.1. The lowest BCUT2D eigenvalue weighted by molar-refractivity contribution is 0.0786. The highest BCUT2D eigenvalue weighted by molar-refractivity contribution is 7.12. The van der Waals surface area contributed by atoms with E-state index in [4.69, 9.17) is 4.74 Å². The number of hydrogen-bond donors (Lipinski definition) is 0. The molecule has 0 aliphatic carbocycles. The molecule has 3 rings (SSSR count). The molecule has 0 spiro atoms. The Morgan fingerprint density at radius 2 is 2.04 bits per heavy atom. The average molecular weight is 398 g/mol. The lowest BCUT2D eigenvalue weighted by atomic mass is 10.1. The van der Waals surface area contributed by atoms with Gasteiger partial charge in [0.2, 0.25) is 0 Å². The van der Waals surface area contributed by atoms with Gasteiger partial charge in [-0.1, -0.05) is 6.07 Å². The van der Waals surface area contributed by atoms with Crippen molar-refractivity contribution in [3.05, 3.63) is 68.7 Å². The minimum Gasteiger partial charge on any atom is -0.489 e. The van der Waals surface area contributed by atoms with Crippen molar-refractivity contribution in [3.63, 3.8) is 0 Å². The van der Waals surface area contributed by atoms with Crippen LogP contribution in [0.5, 0.6) is 5.75 Å². The predicted octanol–water partition coefficient (Wildman–Crippen LogP) is 4.74. The van der Waals surface area contributed by atoms with Crippen LogP contribution in [0.25, 0.3) is 0 Å². The van der Waals surface area contributed by atoms with E-state index in [0.717, 1.165) is 34.0 Å². The molecule has 0 radical (unpaired) electrons. The summed E-state index contributed by atoms with van der Waals surface area (Å²) in [5.74, 6) is 0.921. The Hall–Kier alpha value is -2.60. The highest BCUT2D eigenvalue weighted by Crippen LogP contribution is 2.25. The summed E-state index contributed by atoms with van der Waals surface area (Å²) in [5.41, 5.74) is 5.61. The molecular weight excluding hydrogens is 370 g/mol. The third-order valence-corrected chi connectivity index (χ3v) is 5.84. The average Bonchev–Trinajstić information content (AvgIpc) is 3.31. The van der Waals surface area contributed by atoms with E-state index in [1.807, 2.05) is 36.2 Å². The molecule has 0 unspecified atom stereocenters. The molecule has 5 nitrogen and oxygen atoms in total. The lowest BCUT2D eigenvalue weighted by Gasteiger charge is -2.16. The van der Waals surface area contributed by atoms with Gasteiger partial charge in [0.15, 0.2) is 0 Å². The van der Waals surface area contributed by atoms with Crippen LogP contribution >= 0.6 is 11.3 Å². The predicted molar refractivity (Wildman–Crippen MR) is 113 cm³/mol. The van der Waals surface area contributed by atoms with E-state index in [9.17, 15) is 4.79 Å². The second-order valence-corrected chi connectivity index (χ2v) is 8.02. The number of aromatic nitrogens is 2. The second kappa shape index (κ2) is 8.61. The number of thiophene rings is 1. The van der Waals surface area contributed by atoms with E-state index >= 15 is 0 Å². The number of nitrogens with zero attached hydrogens (tertiary/aromatic N) is 3. The summed E-state index contributed by atoms with van der Waals surface area (Å²) in [7, 11) is 1.82. The highest BCUT2D eigenvalue weighted by Gasteiger charge is 2.16. The van der Waals surface area contributed by atoms with Gasteiger partial charge >= 0.3 is 0 Å². The number of benzene rings is 1. The highest BCUT2D eigenvalue weighted by atomic mass is 32.1. The summed E-state index contributed by atoms with van der Waals surface area (Å²) in [6.45, 7) is 10.1. The number of aryl methyl sites for hydroxylation is 3. The van der Waals surface area contributed by atoms with Gasteiger partial charge in [-0.15, -0.1) is 11.3 Å². The summed E-state index contributed by atoms with van der Waals surface area (Å²) in [5, 5.41) is 6.26. The minimum atomic E-state index is 0.0164. The van der Waals surface area contributed by atoms with Crippen molar-refractivity contribution in [2.45, 2.75) is 47.4 Å². The molecule has 2 heterocycles. The van der Waals surface area contributed by atoms with Gasteiger partial charge in [-0.25, -0.2) is 0 Å². The smallest absolute Gasteiger partial charge is 0.264 e. The Morgan fingerprint density at radius 1 is 1.25 bits per heavy atom. The fourth-order valence-corrected chi connectivity index (χ4v) is 4.05. The van der Waals surface area contributed by atoms with Gasteiger partial charge in [0.05, 0.1) is 17.1 Å². The van der Waals surface area contributed by atoms with Crippen LogP contribution in [-0.4, -0.2) is 27.6 Å². The van der Waals surface area contributed by atoms with Crippen molar-refractivity contribution in [2.75, 3.05) is 7.05 Å². The normalized spacial score (nSPS) is 10.9. The first-order valence-electron chi connectivity index (χ1n) is 9.43. The molecule has 148 valence electrons. The summed E-state index contributed by atoms with van der Waals surface area (Å²) in [6, 6.07) is 8.10. The van der Waals surface area contributed by atoms with E-state index in [-0.39, 0.29) is 5.91 Å². The zero-order valence-electron chi connectivity index (χ0n) is 17.2. The zero-order chi connectivity index (χ0) is 20.3. The number of carbonyl (C=O) groups excluding carboxylic acids is 1. The Kier molecular flexibility index (Phi) is 6.19. The van der Waals surface area contributed by atoms with Gasteiger partial charge in [0.25, 0.3) is 5.91 Å². The van der Waals surface area contributed by atoms with Crippen molar-refractivity contribution < 1.29 is 9.53 Å². The van der Waals surface area contributed by atoms with Crippen LogP contribution < -0.4 is 4.74 Å². The van der Waals surface area contributed by atoms with Crippen LogP contribution in [0.3, 0.4) is 0 Å². The van der Waals surface area contributed by atoms with Gasteiger partial charge in [-0.3, -0.25) is 9.48 Å². The molecule has 0 fully saturated rings. The number of carbonyl (C=O) groups is 1. The Bertz CT molecular complexity index is 974. The van der Waals surface area contributed by atoms with E-state index in [0.29, 0.717) is 13.2 Å². The maximum atomic E-state index is 12.8. The molecule has 0 aliphatic rings. The maximum absolute atomic E-state index is 12.8. The van der Waals surface area contributed by atoms with E-state index in [1.165, 1.54) is 22.5 Å². The molecule has 0 atom stereocenters. The molecule has 1 amide bonds. The van der Waals surface area contributed by atoms with Crippen molar-refractivity contribution in [1.82, 2.24) is 14.7 Å². The summed E-state index contributed by atoms with van der Waals surface area (Å²) >= 11 is 1.46. The Morgan fingerprint density at radius 3 is 2.79 bits per heavy atom. The largest absolute Gasteiger partial charge is 0.489 e. The molecule has 2 aromatic heterocycles. The molecule has 28 heavy (non-hydrogen) atoms. The maximum Gasteiger partial charge on any atom is 0.264 e. The molecule has 1 aromatic carbocycles. The van der Waals surface area contributed by atoms with Crippen molar-refractivity contribution in [3.8, 4) is 5.75 Å². The van der Waals surface area contributed by atoms with E-state index in [1.54, 1.807) is 11.1 Å². The van der Waals surface area contributed by atoms with Gasteiger partial charge in [-0.05, 0) is 68.0 Å². The number of hydrogen-bond acceptors (Lipinski definition) is 4. The standard InChI is InChI=1S/C22H27N3O2S/c1-6-25-19(7-8-23-25)12-24(5)22(26)21-11-18(14-28-21)13-27-20-10-15(2)9-16(3)17(20)4/h7-11,14H,6,12-13H2,1-5H3. The number of rotatable bonds is 7. The molecule has 0 aliphatic heterocycles. The molecular formula is C22H27N3O2S. The summed E-state index contributed by atoms with van der Waals surface area (Å²) in [4.78, 5) is 15.2. The molecule has 0 N–H and O–H groups in total. The third kappa shape index (κ3) is 4.44. The van der Waals surface area contributed by atoms with E-state index < -0.39 is 0 Å². The Balaban J connectivity index is 1.64. The first-order valence-corrected chi connectivity index (χ1v) is 10.3. The van der Waals surface area contributed by atoms with Crippen molar-refractivity contribution >= 4 is 17.2 Å². The number of ether oxygens (including phenoxy) is 1. The van der Waals surface area contributed by atoms with Gasteiger partial charge in [-0.2, -0.15) is 5.10 Å². The number of amides is 1. The molecule has 0 bridgehead atoms. The van der Waals surface area contributed by atoms with Crippen LogP contribution in [0, 0.1) is 20.8 Å². The van der Waals surface area contributed by atoms with Gasteiger partial charge in [0.1, 0.15) is 12.4 Å². The third-order valence-electron chi connectivity index (χ3n) is 4.87. The summed E-state index contributed by atoms with van der Waals surface area (Å²) in [6.07, 6.45) is 1.77. The van der Waals surface area contributed by atoms with Crippen LogP contribution in [0.1, 0.15) is 44.5 Å². The van der Waals surface area contributed by atoms with E-state index in [2.05, 4.69) is 38.0 Å². The van der Waals surface area contributed by atoms with Crippen LogP contribution in [0.4, 0.5) is 0 Å². The summed E-state index contributed by atoms with van der Waals surface area (Å²) < 4.78 is 7.93. The van der Waals surface area contributed by atoms with Gasteiger partial charge in [0, 0.05) is 25.4 Å². The minimum absolute atomic E-state index is 0.0164. The van der Waals surface area contributed by atoms with Gasteiger partial charge < -0.3 is 9.64 Å². The zero-order valence-corrected chi connectivity index (χ0v) is 18.0. The van der Waals surface area contributed by atoms with Crippen molar-refractivity contribution in [1.29, 1.82) is 0 Å². The fourth-order valence-electron chi connectivity index (χ4n) is 3.16. The van der Waals surface area contributed by atoms with Crippen LogP contribution in [-0.2, 0) is 19.7 Å². The molecule has 3 aromatic rings. The van der Waals surface area contributed by atoms with Crippen LogP contribution in [0.15, 0.2) is 35.8 Å². The quantitative estimate of drug-likeness (QED) is 0.578. The SMILES string of the molecule is CCn1nccc1CN(C)C(=O)c1cc(COc2cc(C)cc(C)c2C)cs1. The fraction of sp³-hybridized carbons (Fsp3) is 0.364. The van der Waals surface area contributed by atoms with Crippen molar-refractivity contribution in [2.24, 2.45) is 0 Å². The Labute approximate surface area is 170 Å². The first-order chi connectivity index (χ1) is 13.4. The van der Waals surface area contributed by atoms with Crippen LogP contribution in [0.2, 0.25) is 0 Å². The molecule has 6 heteroatoms. The topological polar surface area (TPSA) is 47.4 Å². The lowest BCUT2D eigenvalue weighted by Crippen LogP contribution is -2.26. The monoisotopic (exact) mass is 397 g/mol. The second-order valence-electron chi connectivity index (χ2n) is 7.11. The molecule has 0 saturated heterocycles. The molecule has 0 saturated carbocycles.